The molecule has 1 aromatic heterocycles. The van der Waals surface area contributed by atoms with Crippen LogP contribution < -0.4 is 5.32 Å². The lowest BCUT2D eigenvalue weighted by atomic mass is 10.1. The van der Waals surface area contributed by atoms with Crippen molar-refractivity contribution in [1.29, 1.82) is 0 Å². The van der Waals surface area contributed by atoms with Crippen LogP contribution in [0, 0.1) is 12.7 Å². The Balaban J connectivity index is 1.50. The third-order valence-electron chi connectivity index (χ3n) is 4.87. The first-order valence-corrected chi connectivity index (χ1v) is 10.8. The molecule has 1 amide bonds. The second kappa shape index (κ2) is 7.92. The molecular weight excluding hydrogens is 407 g/mol. The van der Waals surface area contributed by atoms with Crippen molar-refractivity contribution in [2.24, 2.45) is 0 Å². The van der Waals surface area contributed by atoms with Crippen molar-refractivity contribution in [3.05, 3.63) is 82.9 Å². The molecule has 154 valence electrons. The molecule has 9 heteroatoms. The maximum atomic E-state index is 13.3. The van der Waals surface area contributed by atoms with E-state index in [1.807, 2.05) is 6.92 Å². The molecule has 3 aromatic rings. The van der Waals surface area contributed by atoms with Crippen LogP contribution in [-0.2, 0) is 23.0 Å². The van der Waals surface area contributed by atoms with E-state index in [2.05, 4.69) is 15.3 Å². The number of hydrogen-bond donors (Lipinski definition) is 1. The van der Waals surface area contributed by atoms with Crippen LogP contribution in [0.25, 0.3) is 0 Å². The summed E-state index contributed by atoms with van der Waals surface area (Å²) in [7, 11) is -3.62. The van der Waals surface area contributed by atoms with Crippen molar-refractivity contribution < 1.29 is 17.6 Å². The van der Waals surface area contributed by atoms with Gasteiger partial charge in [0.1, 0.15) is 5.82 Å². The number of halogens is 1. The van der Waals surface area contributed by atoms with E-state index >= 15 is 0 Å². The molecule has 0 saturated heterocycles. The van der Waals surface area contributed by atoms with E-state index in [-0.39, 0.29) is 29.5 Å². The zero-order chi connectivity index (χ0) is 21.3. The lowest BCUT2D eigenvalue weighted by Gasteiger charge is -2.27. The number of nitrogens with one attached hydrogen (secondary N) is 1. The quantitative estimate of drug-likeness (QED) is 0.693. The molecule has 30 heavy (non-hydrogen) atoms. The summed E-state index contributed by atoms with van der Waals surface area (Å²) in [4.78, 5) is 21.0. The Bertz CT molecular complexity index is 1210. The summed E-state index contributed by atoms with van der Waals surface area (Å²) in [6.45, 7) is 2.33. The van der Waals surface area contributed by atoms with Crippen LogP contribution in [0.2, 0.25) is 0 Å². The summed E-state index contributed by atoms with van der Waals surface area (Å²) >= 11 is 0. The molecule has 0 fully saturated rings. The van der Waals surface area contributed by atoms with Crippen LogP contribution in [-0.4, -0.2) is 35.1 Å². The van der Waals surface area contributed by atoms with Crippen LogP contribution in [0.1, 0.15) is 27.2 Å². The van der Waals surface area contributed by atoms with Gasteiger partial charge in [0, 0.05) is 36.8 Å². The fourth-order valence-electron chi connectivity index (χ4n) is 3.22. The van der Waals surface area contributed by atoms with E-state index in [1.165, 1.54) is 28.7 Å². The third-order valence-corrected chi connectivity index (χ3v) is 6.73. The molecule has 1 aliphatic heterocycles. The highest BCUT2D eigenvalue weighted by atomic mass is 32.2. The summed E-state index contributed by atoms with van der Waals surface area (Å²) in [5.41, 5.74) is 2.50. The van der Waals surface area contributed by atoms with Crippen molar-refractivity contribution in [3.63, 3.8) is 0 Å². The Kier molecular flexibility index (Phi) is 5.31. The number of hydrogen-bond acceptors (Lipinski definition) is 5. The topological polar surface area (TPSA) is 92.3 Å². The van der Waals surface area contributed by atoms with E-state index in [0.29, 0.717) is 17.7 Å². The van der Waals surface area contributed by atoms with E-state index < -0.39 is 21.7 Å². The Morgan fingerprint density at radius 3 is 2.67 bits per heavy atom. The Labute approximate surface area is 173 Å². The number of nitrogens with zero attached hydrogens (tertiary/aromatic N) is 3. The lowest BCUT2D eigenvalue weighted by Crippen LogP contribution is -2.36. The van der Waals surface area contributed by atoms with Gasteiger partial charge in [0.25, 0.3) is 5.91 Å². The van der Waals surface area contributed by atoms with Crippen LogP contribution in [0.3, 0.4) is 0 Å². The predicted octanol–water partition coefficient (Wildman–Crippen LogP) is 2.92. The smallest absolute Gasteiger partial charge is 0.258 e. The second-order valence-corrected chi connectivity index (χ2v) is 8.97. The number of carbonyl (C=O) groups excluding carboxylic acids is 1. The van der Waals surface area contributed by atoms with Crippen molar-refractivity contribution in [2.75, 3.05) is 11.9 Å². The van der Waals surface area contributed by atoms with Crippen LogP contribution in [0.15, 0.2) is 59.6 Å². The monoisotopic (exact) mass is 426 g/mol. The van der Waals surface area contributed by atoms with Crippen LogP contribution >= 0.6 is 0 Å². The number of amides is 1. The van der Waals surface area contributed by atoms with Gasteiger partial charge >= 0.3 is 0 Å². The van der Waals surface area contributed by atoms with Gasteiger partial charge in [-0.2, -0.15) is 4.31 Å². The number of benzene rings is 2. The minimum absolute atomic E-state index is 0.0952. The van der Waals surface area contributed by atoms with Gasteiger partial charge in [0.2, 0.25) is 16.0 Å². The molecule has 0 saturated carbocycles. The normalized spacial score (nSPS) is 14.2. The molecule has 1 aliphatic rings. The Morgan fingerprint density at radius 2 is 1.93 bits per heavy atom. The van der Waals surface area contributed by atoms with Gasteiger partial charge in [0.15, 0.2) is 0 Å². The number of rotatable bonds is 4. The van der Waals surface area contributed by atoms with Gasteiger partial charge in [-0.3, -0.25) is 10.1 Å². The molecule has 0 aliphatic carbocycles. The molecule has 0 radical (unpaired) electrons. The highest BCUT2D eigenvalue weighted by Crippen LogP contribution is 2.24. The molecule has 2 heterocycles. The third kappa shape index (κ3) is 4.07. The van der Waals surface area contributed by atoms with Crippen molar-refractivity contribution in [3.8, 4) is 0 Å². The maximum Gasteiger partial charge on any atom is 0.258 e. The van der Waals surface area contributed by atoms with Crippen LogP contribution in [0.4, 0.5) is 10.3 Å². The minimum atomic E-state index is -3.62. The minimum Gasteiger partial charge on any atom is -0.290 e. The van der Waals surface area contributed by atoms with Crippen LogP contribution in [0.5, 0.6) is 0 Å². The Hall–Kier alpha value is -3.17. The first-order chi connectivity index (χ1) is 14.3. The average Bonchev–Trinajstić information content (AvgIpc) is 2.73. The highest BCUT2D eigenvalue weighted by Gasteiger charge is 2.29. The summed E-state index contributed by atoms with van der Waals surface area (Å²) < 4.78 is 40.5. The van der Waals surface area contributed by atoms with Crippen molar-refractivity contribution in [1.82, 2.24) is 14.3 Å². The summed E-state index contributed by atoms with van der Waals surface area (Å²) in [5.74, 6) is -0.935. The average molecular weight is 426 g/mol. The van der Waals surface area contributed by atoms with Crippen molar-refractivity contribution in [2.45, 2.75) is 24.8 Å². The molecular formula is C21H19FN4O3S. The van der Waals surface area contributed by atoms with E-state index in [0.717, 1.165) is 11.6 Å². The number of aromatic nitrogens is 2. The highest BCUT2D eigenvalue weighted by molar-refractivity contribution is 7.89. The fraction of sp³-hybridized carbons (Fsp3) is 0.190. The number of aryl methyl sites for hydroxylation is 1. The zero-order valence-electron chi connectivity index (χ0n) is 16.2. The number of anilines is 1. The number of sulfonamides is 1. The molecule has 0 bridgehead atoms. The molecule has 4 rings (SSSR count). The first-order valence-electron chi connectivity index (χ1n) is 9.31. The van der Waals surface area contributed by atoms with E-state index in [4.69, 9.17) is 0 Å². The molecule has 0 atom stereocenters. The molecule has 0 spiro atoms. The van der Waals surface area contributed by atoms with E-state index in [1.54, 1.807) is 24.3 Å². The van der Waals surface area contributed by atoms with Gasteiger partial charge in [-0.1, -0.05) is 23.8 Å². The van der Waals surface area contributed by atoms with Crippen molar-refractivity contribution >= 4 is 21.9 Å². The van der Waals surface area contributed by atoms with Gasteiger partial charge < -0.3 is 0 Å². The lowest BCUT2D eigenvalue weighted by molar-refractivity contribution is 0.102. The molecule has 7 nitrogen and oxygen atoms in total. The summed E-state index contributed by atoms with van der Waals surface area (Å²) in [6.07, 6.45) is 1.91. The molecule has 1 N–H and O–H groups in total. The predicted molar refractivity (Wildman–Crippen MR) is 109 cm³/mol. The van der Waals surface area contributed by atoms with Gasteiger partial charge in [-0.15, -0.1) is 0 Å². The zero-order valence-corrected chi connectivity index (χ0v) is 17.0. The van der Waals surface area contributed by atoms with Gasteiger partial charge in [-0.25, -0.2) is 22.8 Å². The maximum absolute atomic E-state index is 13.3. The second-order valence-electron chi connectivity index (χ2n) is 7.03. The standard InChI is InChI=1S/C21H19FN4O3S/c1-14-5-7-18(8-6-14)30(28,29)26-10-9-19-16(13-26)12-23-21(24-19)25-20(27)15-3-2-4-17(22)11-15/h2-8,11-12H,9-10,13H2,1H3,(H,23,24,25,27). The largest absolute Gasteiger partial charge is 0.290 e. The summed E-state index contributed by atoms with van der Waals surface area (Å²) in [6, 6.07) is 12.0. The van der Waals surface area contributed by atoms with Gasteiger partial charge in [-0.05, 0) is 37.3 Å². The molecule has 2 aromatic carbocycles. The Morgan fingerprint density at radius 1 is 1.17 bits per heavy atom. The molecule has 0 unspecified atom stereocenters. The number of fused-ring (bicyclic) bond motifs is 1. The van der Waals surface area contributed by atoms with Gasteiger partial charge in [0.05, 0.1) is 10.6 Å². The number of carbonyl (C=O) groups is 1. The van der Waals surface area contributed by atoms with E-state index in [9.17, 15) is 17.6 Å². The fourth-order valence-corrected chi connectivity index (χ4v) is 4.64. The summed E-state index contributed by atoms with van der Waals surface area (Å²) in [5, 5.41) is 2.55. The SMILES string of the molecule is Cc1ccc(S(=O)(=O)N2CCc3nc(NC(=O)c4cccc(F)c4)ncc3C2)cc1. The first kappa shape index (κ1) is 20.1.